The Labute approximate surface area is 108 Å². The zero-order valence-corrected chi connectivity index (χ0v) is 11.0. The summed E-state index contributed by atoms with van der Waals surface area (Å²) in [5, 5.41) is 8.66. The fourth-order valence-corrected chi connectivity index (χ4v) is 1.68. The van der Waals surface area contributed by atoms with Gasteiger partial charge in [-0.15, -0.1) is 0 Å². The molecular weight excluding hydrogens is 228 g/mol. The van der Waals surface area contributed by atoms with E-state index in [2.05, 4.69) is 0 Å². The van der Waals surface area contributed by atoms with E-state index in [-0.39, 0.29) is 18.6 Å². The number of nitriles is 1. The van der Waals surface area contributed by atoms with Gasteiger partial charge >= 0.3 is 0 Å². The first-order valence-electron chi connectivity index (χ1n) is 6.01. The van der Waals surface area contributed by atoms with Gasteiger partial charge in [0.1, 0.15) is 5.75 Å². The van der Waals surface area contributed by atoms with Crippen LogP contribution < -0.4 is 4.74 Å². The summed E-state index contributed by atoms with van der Waals surface area (Å²) in [5.74, 6) is 0.569. The van der Waals surface area contributed by atoms with Gasteiger partial charge in [-0.05, 0) is 45.0 Å². The first-order valence-corrected chi connectivity index (χ1v) is 6.01. The Kier molecular flexibility index (Phi) is 5.19. The summed E-state index contributed by atoms with van der Waals surface area (Å²) in [7, 11) is 0. The van der Waals surface area contributed by atoms with Gasteiger partial charge in [0, 0.05) is 12.6 Å². The van der Waals surface area contributed by atoms with E-state index in [1.165, 1.54) is 0 Å². The van der Waals surface area contributed by atoms with Gasteiger partial charge < -0.3 is 9.64 Å². The summed E-state index contributed by atoms with van der Waals surface area (Å²) in [6.45, 7) is 6.59. The Morgan fingerprint density at radius 2 is 2.00 bits per heavy atom. The highest BCUT2D eigenvalue weighted by atomic mass is 16.5. The molecule has 0 aliphatic carbocycles. The molecule has 0 N–H and O–H groups in total. The van der Waals surface area contributed by atoms with Crippen LogP contribution in [0, 0.1) is 11.3 Å². The maximum Gasteiger partial charge on any atom is 0.260 e. The van der Waals surface area contributed by atoms with Crippen molar-refractivity contribution in [3.8, 4) is 11.8 Å². The number of hydrogen-bond acceptors (Lipinski definition) is 3. The van der Waals surface area contributed by atoms with Crippen LogP contribution in [0.15, 0.2) is 24.3 Å². The molecule has 0 aliphatic rings. The zero-order chi connectivity index (χ0) is 13.5. The lowest BCUT2D eigenvalue weighted by molar-refractivity contribution is -0.134. The molecule has 96 valence electrons. The Hall–Kier alpha value is -2.02. The molecule has 0 aromatic heterocycles. The predicted molar refractivity (Wildman–Crippen MR) is 69.2 cm³/mol. The smallest absolute Gasteiger partial charge is 0.260 e. The lowest BCUT2D eigenvalue weighted by atomic mass is 10.2. The van der Waals surface area contributed by atoms with E-state index in [4.69, 9.17) is 10.00 Å². The minimum absolute atomic E-state index is 0.0257. The first-order chi connectivity index (χ1) is 8.58. The number of rotatable bonds is 5. The highest BCUT2D eigenvalue weighted by Gasteiger charge is 2.15. The summed E-state index contributed by atoms with van der Waals surface area (Å²) in [6, 6.07) is 8.92. The molecule has 0 heterocycles. The van der Waals surface area contributed by atoms with Crippen molar-refractivity contribution >= 4 is 5.91 Å². The number of carbonyl (C=O) groups excluding carboxylic acids is 1. The molecule has 1 amide bonds. The third kappa shape index (κ3) is 3.77. The maximum atomic E-state index is 11.9. The Morgan fingerprint density at radius 3 is 2.44 bits per heavy atom. The summed E-state index contributed by atoms with van der Waals surface area (Å²) in [4.78, 5) is 13.6. The van der Waals surface area contributed by atoms with E-state index in [1.807, 2.05) is 26.8 Å². The zero-order valence-electron chi connectivity index (χ0n) is 11.0. The second kappa shape index (κ2) is 6.65. The van der Waals surface area contributed by atoms with E-state index >= 15 is 0 Å². The quantitative estimate of drug-likeness (QED) is 0.800. The van der Waals surface area contributed by atoms with E-state index in [1.54, 1.807) is 29.2 Å². The van der Waals surface area contributed by atoms with Gasteiger partial charge in [0.2, 0.25) is 0 Å². The molecule has 0 saturated heterocycles. The molecule has 0 unspecified atom stereocenters. The monoisotopic (exact) mass is 246 g/mol. The average molecular weight is 246 g/mol. The number of likely N-dealkylation sites (N-methyl/N-ethyl adjacent to an activating group) is 1. The van der Waals surface area contributed by atoms with Gasteiger partial charge in [-0.25, -0.2) is 0 Å². The third-order valence-corrected chi connectivity index (χ3v) is 2.63. The highest BCUT2D eigenvalue weighted by molar-refractivity contribution is 5.78. The standard InChI is InChI=1S/C14H18N2O2/c1-4-16(11(2)3)14(17)10-18-13-7-5-12(9-15)6-8-13/h5-8,11H,4,10H2,1-3H3. The van der Waals surface area contributed by atoms with Crippen molar-refractivity contribution in [3.63, 3.8) is 0 Å². The second-order valence-electron chi connectivity index (χ2n) is 4.20. The summed E-state index contributed by atoms with van der Waals surface area (Å²) < 4.78 is 5.40. The Morgan fingerprint density at radius 1 is 1.39 bits per heavy atom. The SMILES string of the molecule is CCN(C(=O)COc1ccc(C#N)cc1)C(C)C. The fraction of sp³-hybridized carbons (Fsp3) is 0.429. The van der Waals surface area contributed by atoms with E-state index < -0.39 is 0 Å². The molecule has 0 aliphatic heterocycles. The second-order valence-corrected chi connectivity index (χ2v) is 4.20. The number of benzene rings is 1. The molecular formula is C14H18N2O2. The van der Waals surface area contributed by atoms with Crippen LogP contribution >= 0.6 is 0 Å². The van der Waals surface area contributed by atoms with Crippen LogP contribution in [-0.4, -0.2) is 30.0 Å². The largest absolute Gasteiger partial charge is 0.484 e. The summed E-state index contributed by atoms with van der Waals surface area (Å²) in [6.07, 6.45) is 0. The van der Waals surface area contributed by atoms with Gasteiger partial charge in [0.05, 0.1) is 11.6 Å². The molecule has 0 bridgehead atoms. The van der Waals surface area contributed by atoms with Crippen molar-refractivity contribution in [2.75, 3.05) is 13.2 Å². The molecule has 4 heteroatoms. The number of hydrogen-bond donors (Lipinski definition) is 0. The number of amides is 1. The van der Waals surface area contributed by atoms with Crippen LogP contribution in [0.5, 0.6) is 5.75 Å². The molecule has 0 spiro atoms. The number of nitrogens with zero attached hydrogens (tertiary/aromatic N) is 2. The van der Waals surface area contributed by atoms with Crippen molar-refractivity contribution in [1.29, 1.82) is 5.26 Å². The molecule has 0 fully saturated rings. The summed E-state index contributed by atoms with van der Waals surface area (Å²) >= 11 is 0. The maximum absolute atomic E-state index is 11.9. The van der Waals surface area contributed by atoms with Crippen molar-refractivity contribution in [2.24, 2.45) is 0 Å². The molecule has 0 saturated carbocycles. The highest BCUT2D eigenvalue weighted by Crippen LogP contribution is 2.11. The van der Waals surface area contributed by atoms with Crippen molar-refractivity contribution < 1.29 is 9.53 Å². The van der Waals surface area contributed by atoms with Crippen molar-refractivity contribution in [1.82, 2.24) is 4.90 Å². The lowest BCUT2D eigenvalue weighted by Crippen LogP contribution is -2.39. The van der Waals surface area contributed by atoms with Crippen molar-refractivity contribution in [3.05, 3.63) is 29.8 Å². The lowest BCUT2D eigenvalue weighted by Gasteiger charge is -2.25. The minimum Gasteiger partial charge on any atom is -0.484 e. The van der Waals surface area contributed by atoms with Gasteiger partial charge in [0.15, 0.2) is 6.61 Å². The van der Waals surface area contributed by atoms with Crippen LogP contribution in [0.25, 0.3) is 0 Å². The van der Waals surface area contributed by atoms with Crippen LogP contribution in [0.4, 0.5) is 0 Å². The van der Waals surface area contributed by atoms with Crippen LogP contribution in [-0.2, 0) is 4.79 Å². The Bertz CT molecular complexity index is 432. The minimum atomic E-state index is -0.0307. The van der Waals surface area contributed by atoms with Crippen LogP contribution in [0.1, 0.15) is 26.3 Å². The number of carbonyl (C=O) groups is 1. The molecule has 1 rings (SSSR count). The molecule has 18 heavy (non-hydrogen) atoms. The molecule has 4 nitrogen and oxygen atoms in total. The molecule has 1 aromatic carbocycles. The normalized spacial score (nSPS) is 9.94. The number of ether oxygens (including phenoxy) is 1. The van der Waals surface area contributed by atoms with E-state index in [0.29, 0.717) is 17.9 Å². The van der Waals surface area contributed by atoms with Crippen LogP contribution in [0.3, 0.4) is 0 Å². The summed E-state index contributed by atoms with van der Waals surface area (Å²) in [5.41, 5.74) is 0.575. The van der Waals surface area contributed by atoms with Gasteiger partial charge in [-0.3, -0.25) is 4.79 Å². The molecule has 0 atom stereocenters. The van der Waals surface area contributed by atoms with Gasteiger partial charge in [0.25, 0.3) is 5.91 Å². The predicted octanol–water partition coefficient (Wildman–Crippen LogP) is 2.19. The topological polar surface area (TPSA) is 53.3 Å². The average Bonchev–Trinajstić information content (AvgIpc) is 2.37. The molecule has 1 aromatic rings. The van der Waals surface area contributed by atoms with Gasteiger partial charge in [-0.2, -0.15) is 5.26 Å². The van der Waals surface area contributed by atoms with Gasteiger partial charge in [-0.1, -0.05) is 0 Å². The van der Waals surface area contributed by atoms with E-state index in [0.717, 1.165) is 0 Å². The fourth-order valence-electron chi connectivity index (χ4n) is 1.68. The van der Waals surface area contributed by atoms with Crippen LogP contribution in [0.2, 0.25) is 0 Å². The first kappa shape index (κ1) is 14.0. The third-order valence-electron chi connectivity index (χ3n) is 2.63. The Balaban J connectivity index is 2.54. The van der Waals surface area contributed by atoms with E-state index in [9.17, 15) is 4.79 Å². The van der Waals surface area contributed by atoms with Crippen molar-refractivity contribution in [2.45, 2.75) is 26.8 Å². The molecule has 0 radical (unpaired) electrons.